The molecule has 23 heavy (non-hydrogen) atoms. The zero-order valence-electron chi connectivity index (χ0n) is 13.5. The number of nitrogens with one attached hydrogen (secondary N) is 1. The van der Waals surface area contributed by atoms with E-state index in [1.807, 2.05) is 13.8 Å². The molecule has 0 aliphatic heterocycles. The highest BCUT2D eigenvalue weighted by atomic mass is 19.1. The lowest BCUT2D eigenvalue weighted by molar-refractivity contribution is 0.383. The van der Waals surface area contributed by atoms with E-state index in [0.717, 1.165) is 28.9 Å². The first-order valence-electron chi connectivity index (χ1n) is 7.77. The summed E-state index contributed by atoms with van der Waals surface area (Å²) in [4.78, 5) is 8.92. The Balaban J connectivity index is 1.96. The molecule has 0 bridgehead atoms. The average molecular weight is 313 g/mol. The molecular formula is C18H20FN3O. The maximum Gasteiger partial charge on any atom is 0.227 e. The first-order valence-corrected chi connectivity index (χ1v) is 7.77. The highest BCUT2D eigenvalue weighted by Gasteiger charge is 2.23. The Hall–Kier alpha value is -2.43. The van der Waals surface area contributed by atoms with Crippen molar-refractivity contribution in [3.8, 4) is 0 Å². The Morgan fingerprint density at radius 3 is 2.74 bits per heavy atom. The molecule has 0 unspecified atom stereocenters. The summed E-state index contributed by atoms with van der Waals surface area (Å²) in [6, 6.07) is 4.79. The van der Waals surface area contributed by atoms with Crippen molar-refractivity contribution in [3.05, 3.63) is 52.8 Å². The summed E-state index contributed by atoms with van der Waals surface area (Å²) in [6.45, 7) is 5.80. The first-order chi connectivity index (χ1) is 11.0. The molecule has 0 fully saturated rings. The molecule has 0 saturated carbocycles. The maximum atomic E-state index is 13.4. The van der Waals surface area contributed by atoms with Gasteiger partial charge >= 0.3 is 0 Å². The van der Waals surface area contributed by atoms with Crippen LogP contribution in [0.3, 0.4) is 0 Å². The van der Waals surface area contributed by atoms with Gasteiger partial charge in [-0.15, -0.1) is 0 Å². The lowest BCUT2D eigenvalue weighted by Gasteiger charge is -2.22. The average Bonchev–Trinajstić information content (AvgIpc) is 2.50. The van der Waals surface area contributed by atoms with Crippen molar-refractivity contribution >= 4 is 17.2 Å². The van der Waals surface area contributed by atoms with Crippen LogP contribution in [0.4, 0.5) is 16.0 Å². The number of aryl methyl sites for hydroxylation is 2. The first kappa shape index (κ1) is 15.5. The van der Waals surface area contributed by atoms with E-state index in [1.54, 1.807) is 25.3 Å². The van der Waals surface area contributed by atoms with Gasteiger partial charge in [-0.05, 0) is 48.6 Å². The van der Waals surface area contributed by atoms with Gasteiger partial charge in [0.2, 0.25) is 5.95 Å². The van der Waals surface area contributed by atoms with Crippen LogP contribution in [0.1, 0.15) is 37.1 Å². The van der Waals surface area contributed by atoms with Gasteiger partial charge in [-0.3, -0.25) is 0 Å². The molecule has 2 N–H and O–H groups in total. The van der Waals surface area contributed by atoms with Gasteiger partial charge < -0.3 is 10.4 Å². The highest BCUT2D eigenvalue weighted by molar-refractivity contribution is 5.71. The normalized spacial score (nSPS) is 14.1. The summed E-state index contributed by atoms with van der Waals surface area (Å²) in [6.07, 6.45) is 3.18. The third-order valence-electron chi connectivity index (χ3n) is 4.05. The minimum atomic E-state index is -0.239. The predicted molar refractivity (Wildman–Crippen MR) is 89.2 cm³/mol. The van der Waals surface area contributed by atoms with Gasteiger partial charge in [0.25, 0.3) is 0 Å². The quantitative estimate of drug-likeness (QED) is 0.873. The van der Waals surface area contributed by atoms with Crippen molar-refractivity contribution in [2.24, 2.45) is 5.92 Å². The largest absolute Gasteiger partial charge is 0.512 e. The zero-order valence-corrected chi connectivity index (χ0v) is 13.5. The van der Waals surface area contributed by atoms with Crippen LogP contribution in [0.5, 0.6) is 0 Å². The monoisotopic (exact) mass is 313 g/mol. The molecule has 0 radical (unpaired) electrons. The van der Waals surface area contributed by atoms with Crippen molar-refractivity contribution in [2.45, 2.75) is 33.6 Å². The SMILES string of the molecule is Cc1cc(Nc2ncc3c(n2)C(C(C)C)=C(O)CC3)ccc1F. The second-order valence-electron chi connectivity index (χ2n) is 6.17. The number of aliphatic hydroxyl groups is 1. The van der Waals surface area contributed by atoms with Crippen LogP contribution in [-0.4, -0.2) is 15.1 Å². The maximum absolute atomic E-state index is 13.4. The molecule has 2 aromatic rings. The van der Waals surface area contributed by atoms with Crippen LogP contribution in [0.15, 0.2) is 30.2 Å². The molecular weight excluding hydrogens is 293 g/mol. The van der Waals surface area contributed by atoms with Crippen molar-refractivity contribution in [1.29, 1.82) is 0 Å². The second kappa shape index (κ2) is 5.99. The van der Waals surface area contributed by atoms with Gasteiger partial charge in [-0.2, -0.15) is 0 Å². The van der Waals surface area contributed by atoms with Crippen LogP contribution < -0.4 is 5.32 Å². The van der Waals surface area contributed by atoms with Crippen molar-refractivity contribution in [1.82, 2.24) is 9.97 Å². The zero-order chi connectivity index (χ0) is 16.6. The minimum Gasteiger partial charge on any atom is -0.512 e. The third-order valence-corrected chi connectivity index (χ3v) is 4.05. The van der Waals surface area contributed by atoms with Crippen LogP contribution in [-0.2, 0) is 6.42 Å². The van der Waals surface area contributed by atoms with Crippen LogP contribution in [0, 0.1) is 18.7 Å². The lowest BCUT2D eigenvalue weighted by atomic mass is 9.88. The molecule has 120 valence electrons. The molecule has 1 heterocycles. The highest BCUT2D eigenvalue weighted by Crippen LogP contribution is 2.34. The van der Waals surface area contributed by atoms with E-state index in [4.69, 9.17) is 0 Å². The molecule has 0 saturated heterocycles. The third kappa shape index (κ3) is 3.04. The summed E-state index contributed by atoms with van der Waals surface area (Å²) in [5.74, 6) is 0.805. The molecule has 0 amide bonds. The summed E-state index contributed by atoms with van der Waals surface area (Å²) < 4.78 is 13.4. The predicted octanol–water partition coefficient (Wildman–Crippen LogP) is 4.54. The van der Waals surface area contributed by atoms with Gasteiger partial charge in [-0.25, -0.2) is 14.4 Å². The van der Waals surface area contributed by atoms with E-state index in [-0.39, 0.29) is 11.7 Å². The van der Waals surface area contributed by atoms with E-state index in [1.165, 1.54) is 6.07 Å². The number of hydrogen-bond donors (Lipinski definition) is 2. The summed E-state index contributed by atoms with van der Waals surface area (Å²) >= 11 is 0. The Morgan fingerprint density at radius 1 is 1.26 bits per heavy atom. The molecule has 1 aromatic carbocycles. The Labute approximate surface area is 135 Å². The van der Waals surface area contributed by atoms with Gasteiger partial charge in [0.15, 0.2) is 0 Å². The number of anilines is 2. The molecule has 5 heteroatoms. The van der Waals surface area contributed by atoms with Crippen molar-refractivity contribution < 1.29 is 9.50 Å². The fourth-order valence-electron chi connectivity index (χ4n) is 2.87. The number of aliphatic hydroxyl groups excluding tert-OH is 1. The molecule has 1 aliphatic rings. The van der Waals surface area contributed by atoms with Gasteiger partial charge in [0.05, 0.1) is 11.5 Å². The van der Waals surface area contributed by atoms with Crippen molar-refractivity contribution in [3.63, 3.8) is 0 Å². The standard InChI is InChI=1S/C18H20FN3O/c1-10(2)16-15(23)7-4-12-9-20-18(22-17(12)16)21-13-5-6-14(19)11(3)8-13/h5-6,8-10,23H,4,7H2,1-3H3,(H,20,21,22). The van der Waals surface area contributed by atoms with Gasteiger partial charge in [-0.1, -0.05) is 13.8 Å². The van der Waals surface area contributed by atoms with Crippen LogP contribution in [0.2, 0.25) is 0 Å². The van der Waals surface area contributed by atoms with Crippen LogP contribution in [0.25, 0.3) is 5.57 Å². The van der Waals surface area contributed by atoms with Gasteiger partial charge in [0, 0.05) is 23.9 Å². The molecule has 0 atom stereocenters. The minimum absolute atomic E-state index is 0.185. The fraction of sp³-hybridized carbons (Fsp3) is 0.333. The number of allylic oxidation sites excluding steroid dienone is 2. The molecule has 1 aromatic heterocycles. The lowest BCUT2D eigenvalue weighted by Crippen LogP contribution is -2.13. The smallest absolute Gasteiger partial charge is 0.227 e. The number of fused-ring (bicyclic) bond motifs is 1. The Bertz CT molecular complexity index is 784. The number of halogens is 1. The number of rotatable bonds is 3. The van der Waals surface area contributed by atoms with E-state index in [9.17, 15) is 9.50 Å². The Kier molecular flexibility index (Phi) is 4.03. The van der Waals surface area contributed by atoms with Crippen LogP contribution >= 0.6 is 0 Å². The van der Waals surface area contributed by atoms with E-state index in [2.05, 4.69) is 15.3 Å². The number of aromatic nitrogens is 2. The summed E-state index contributed by atoms with van der Waals surface area (Å²) in [7, 11) is 0. The number of nitrogens with zero attached hydrogens (tertiary/aromatic N) is 2. The molecule has 3 rings (SSSR count). The Morgan fingerprint density at radius 2 is 2.04 bits per heavy atom. The van der Waals surface area contributed by atoms with E-state index < -0.39 is 0 Å². The molecule has 1 aliphatic carbocycles. The molecule has 4 nitrogen and oxygen atoms in total. The van der Waals surface area contributed by atoms with Crippen molar-refractivity contribution in [2.75, 3.05) is 5.32 Å². The topological polar surface area (TPSA) is 58.0 Å². The second-order valence-corrected chi connectivity index (χ2v) is 6.17. The van der Waals surface area contributed by atoms with Gasteiger partial charge in [0.1, 0.15) is 5.82 Å². The number of hydrogen-bond acceptors (Lipinski definition) is 4. The van der Waals surface area contributed by atoms with E-state index >= 15 is 0 Å². The summed E-state index contributed by atoms with van der Waals surface area (Å²) in [5.41, 5.74) is 4.03. The fourth-order valence-corrected chi connectivity index (χ4v) is 2.87. The summed E-state index contributed by atoms with van der Waals surface area (Å²) in [5, 5.41) is 13.3. The molecule has 0 spiro atoms. The number of benzene rings is 1. The van der Waals surface area contributed by atoms with E-state index in [0.29, 0.717) is 23.7 Å².